The van der Waals surface area contributed by atoms with Crippen LogP contribution in [0.5, 0.6) is 0 Å². The van der Waals surface area contributed by atoms with Crippen LogP contribution in [0, 0.1) is 22.7 Å². The summed E-state index contributed by atoms with van der Waals surface area (Å²) in [6.07, 6.45) is 0. The number of amidine groups is 1. The fraction of sp³-hybridized carbons (Fsp3) is 0.312. The molecule has 0 bridgehead atoms. The number of hydrogen-bond donors (Lipinski definition) is 2. The molecule has 0 aliphatic carbocycles. The molecule has 9 nitrogen and oxygen atoms in total. The highest BCUT2D eigenvalue weighted by molar-refractivity contribution is 7.90. The molecule has 2 N–H and O–H groups in total. The van der Waals surface area contributed by atoms with E-state index >= 15 is 0 Å². The van der Waals surface area contributed by atoms with Crippen LogP contribution in [0.1, 0.15) is 19.4 Å². The van der Waals surface area contributed by atoms with Gasteiger partial charge in [0.15, 0.2) is 12.4 Å². The molecule has 0 aromatic heterocycles. The average Bonchev–Trinajstić information content (AvgIpc) is 2.84. The Bertz CT molecular complexity index is 946. The topological polar surface area (TPSA) is 150 Å². The molecule has 1 aromatic rings. The SMILES string of the molecule is CC(=N)[C@H](C#N)C(=O)COC(=O)[C@H](C)N=C1NS(=O)(=O)c2ccccc21. The molecule has 2 rings (SSSR count). The molecule has 10 heteroatoms. The summed E-state index contributed by atoms with van der Waals surface area (Å²) < 4.78 is 31.1. The number of benzene rings is 1. The Kier molecular flexibility index (Phi) is 5.52. The van der Waals surface area contributed by atoms with Crippen LogP contribution in [0.25, 0.3) is 0 Å². The third-order valence-electron chi connectivity index (χ3n) is 3.57. The van der Waals surface area contributed by atoms with Gasteiger partial charge in [0.2, 0.25) is 0 Å². The van der Waals surface area contributed by atoms with Gasteiger partial charge in [-0.25, -0.2) is 13.2 Å². The minimum atomic E-state index is -3.72. The molecule has 0 amide bonds. The second-order valence-corrected chi connectivity index (χ2v) is 7.23. The number of esters is 1. The number of hydrogen-bond acceptors (Lipinski definition) is 8. The van der Waals surface area contributed by atoms with E-state index in [1.165, 1.54) is 19.9 Å². The second-order valence-electron chi connectivity index (χ2n) is 5.57. The van der Waals surface area contributed by atoms with Crippen molar-refractivity contribution >= 4 is 33.3 Å². The maximum atomic E-state index is 12.0. The number of sulfonamides is 1. The van der Waals surface area contributed by atoms with Gasteiger partial charge in [0.05, 0.1) is 11.0 Å². The van der Waals surface area contributed by atoms with E-state index in [0.29, 0.717) is 5.56 Å². The molecule has 0 spiro atoms. The molecule has 1 heterocycles. The van der Waals surface area contributed by atoms with E-state index < -0.39 is 40.3 Å². The summed E-state index contributed by atoms with van der Waals surface area (Å²) in [4.78, 5) is 27.8. The number of ether oxygens (including phenoxy) is 1. The Morgan fingerprint density at radius 2 is 2.04 bits per heavy atom. The van der Waals surface area contributed by atoms with E-state index in [1.807, 2.05) is 0 Å². The maximum Gasteiger partial charge on any atom is 0.331 e. The number of aliphatic imine (C=N–C) groups is 1. The summed E-state index contributed by atoms with van der Waals surface area (Å²) in [6, 6.07) is 6.77. The van der Waals surface area contributed by atoms with Crippen molar-refractivity contribution in [2.45, 2.75) is 24.8 Å². The highest BCUT2D eigenvalue weighted by Crippen LogP contribution is 2.22. The molecule has 2 atom stereocenters. The predicted octanol–water partition coefficient (Wildman–Crippen LogP) is 0.405. The largest absolute Gasteiger partial charge is 0.456 e. The highest BCUT2D eigenvalue weighted by Gasteiger charge is 2.31. The lowest BCUT2D eigenvalue weighted by Crippen LogP contribution is -2.30. The predicted molar refractivity (Wildman–Crippen MR) is 91.2 cm³/mol. The summed E-state index contributed by atoms with van der Waals surface area (Å²) in [7, 11) is -3.72. The van der Waals surface area contributed by atoms with Crippen LogP contribution in [-0.2, 0) is 24.3 Å². The first-order valence-electron chi connectivity index (χ1n) is 7.51. The van der Waals surface area contributed by atoms with Gasteiger partial charge in [0, 0.05) is 11.3 Å². The van der Waals surface area contributed by atoms with Gasteiger partial charge < -0.3 is 10.1 Å². The number of Topliss-reactive ketones (excluding diaryl/α,β-unsaturated/α-hetero) is 1. The molecular weight excluding hydrogens is 360 g/mol. The van der Waals surface area contributed by atoms with Crippen LogP contribution < -0.4 is 4.72 Å². The summed E-state index contributed by atoms with van der Waals surface area (Å²) in [5, 5.41) is 16.2. The quantitative estimate of drug-likeness (QED) is 0.542. The van der Waals surface area contributed by atoms with E-state index in [9.17, 15) is 18.0 Å². The molecule has 1 aliphatic heterocycles. The number of fused-ring (bicyclic) bond motifs is 1. The number of nitrogens with zero attached hydrogens (tertiary/aromatic N) is 2. The smallest absolute Gasteiger partial charge is 0.331 e. The van der Waals surface area contributed by atoms with Crippen LogP contribution in [0.4, 0.5) is 0 Å². The van der Waals surface area contributed by atoms with E-state index in [4.69, 9.17) is 15.4 Å². The first-order chi connectivity index (χ1) is 12.2. The van der Waals surface area contributed by atoms with Crippen molar-refractivity contribution in [3.05, 3.63) is 29.8 Å². The fourth-order valence-electron chi connectivity index (χ4n) is 2.23. The van der Waals surface area contributed by atoms with E-state index in [1.54, 1.807) is 24.3 Å². The van der Waals surface area contributed by atoms with Crippen LogP contribution in [0.15, 0.2) is 34.2 Å². The number of carbonyl (C=O) groups is 2. The van der Waals surface area contributed by atoms with Gasteiger partial charge in [0.25, 0.3) is 10.0 Å². The van der Waals surface area contributed by atoms with Gasteiger partial charge in [-0.2, -0.15) is 5.26 Å². The molecule has 136 valence electrons. The third kappa shape index (κ3) is 3.94. The normalized spacial score (nSPS) is 18.1. The van der Waals surface area contributed by atoms with Crippen molar-refractivity contribution in [2.75, 3.05) is 6.61 Å². The Hall–Kier alpha value is -3.06. The number of nitrogens with one attached hydrogen (secondary N) is 2. The van der Waals surface area contributed by atoms with Crippen LogP contribution in [-0.4, -0.2) is 44.4 Å². The summed E-state index contributed by atoms with van der Waals surface area (Å²) in [5.74, 6) is -2.81. The van der Waals surface area contributed by atoms with Gasteiger partial charge in [-0.15, -0.1) is 0 Å². The van der Waals surface area contributed by atoms with Crippen LogP contribution in [0.2, 0.25) is 0 Å². The maximum absolute atomic E-state index is 12.0. The van der Waals surface area contributed by atoms with Crippen molar-refractivity contribution in [2.24, 2.45) is 10.9 Å². The highest BCUT2D eigenvalue weighted by atomic mass is 32.2. The fourth-order valence-corrected chi connectivity index (χ4v) is 3.47. The zero-order valence-electron chi connectivity index (χ0n) is 14.0. The molecule has 0 radical (unpaired) electrons. The molecule has 1 aliphatic rings. The molecule has 0 saturated heterocycles. The van der Waals surface area contributed by atoms with Gasteiger partial charge in [0.1, 0.15) is 17.8 Å². The lowest BCUT2D eigenvalue weighted by atomic mass is 10.0. The van der Waals surface area contributed by atoms with Gasteiger partial charge in [-0.05, 0) is 26.0 Å². The number of carbonyl (C=O) groups excluding carboxylic acids is 2. The van der Waals surface area contributed by atoms with Crippen molar-refractivity contribution in [3.63, 3.8) is 0 Å². The molecule has 0 saturated carbocycles. The third-order valence-corrected chi connectivity index (χ3v) is 4.96. The van der Waals surface area contributed by atoms with E-state index in [2.05, 4.69) is 9.71 Å². The average molecular weight is 376 g/mol. The number of nitriles is 1. The molecule has 0 fully saturated rings. The summed E-state index contributed by atoms with van der Waals surface area (Å²) in [6.45, 7) is 2.04. The number of ketones is 1. The molecule has 0 unspecified atom stereocenters. The van der Waals surface area contributed by atoms with Gasteiger partial charge >= 0.3 is 5.97 Å². The van der Waals surface area contributed by atoms with Crippen LogP contribution in [0.3, 0.4) is 0 Å². The van der Waals surface area contributed by atoms with Crippen molar-refractivity contribution in [3.8, 4) is 6.07 Å². The van der Waals surface area contributed by atoms with Crippen molar-refractivity contribution in [1.82, 2.24) is 4.72 Å². The number of rotatable bonds is 6. The first-order valence-corrected chi connectivity index (χ1v) is 8.99. The Morgan fingerprint density at radius 1 is 1.38 bits per heavy atom. The Morgan fingerprint density at radius 3 is 2.65 bits per heavy atom. The monoisotopic (exact) mass is 376 g/mol. The lowest BCUT2D eigenvalue weighted by molar-refractivity contribution is -0.149. The zero-order chi connectivity index (χ0) is 19.5. The zero-order valence-corrected chi connectivity index (χ0v) is 14.8. The summed E-state index contributed by atoms with van der Waals surface area (Å²) >= 11 is 0. The van der Waals surface area contributed by atoms with Crippen LogP contribution >= 0.6 is 0 Å². The molecular formula is C16H16N4O5S. The van der Waals surface area contributed by atoms with Crippen molar-refractivity contribution in [1.29, 1.82) is 10.7 Å². The standard InChI is InChI=1S/C16H16N4O5S/c1-9(18)12(7-17)13(21)8-25-16(22)10(2)19-15-11-5-3-4-6-14(11)26(23,24)20-15/h3-6,10,12,18H,8H2,1-2H3,(H,19,20)/t10-,12-/m0/s1. The minimum absolute atomic E-state index is 0.0154. The Labute approximate surface area is 150 Å². The van der Waals surface area contributed by atoms with E-state index in [0.717, 1.165) is 0 Å². The minimum Gasteiger partial charge on any atom is -0.456 e. The van der Waals surface area contributed by atoms with Gasteiger partial charge in [-0.3, -0.25) is 14.5 Å². The second kappa shape index (κ2) is 7.45. The van der Waals surface area contributed by atoms with E-state index in [-0.39, 0.29) is 16.4 Å². The van der Waals surface area contributed by atoms with Gasteiger partial charge in [-0.1, -0.05) is 12.1 Å². The Balaban J connectivity index is 2.09. The molecule has 26 heavy (non-hydrogen) atoms. The lowest BCUT2D eigenvalue weighted by Gasteiger charge is -2.10. The first kappa shape index (κ1) is 19.3. The van der Waals surface area contributed by atoms with Crippen molar-refractivity contribution < 1.29 is 22.7 Å². The summed E-state index contributed by atoms with van der Waals surface area (Å²) in [5.41, 5.74) is 0.200. The molecule has 1 aromatic carbocycles.